The number of nitrogens with one attached hydrogen (secondary N) is 2. The molecule has 1 atom stereocenters. The number of anilines is 1. The normalized spacial score (nSPS) is 12.7. The number of para-hydroxylation sites is 1. The lowest BCUT2D eigenvalue weighted by Gasteiger charge is -2.18. The van der Waals surface area contributed by atoms with Gasteiger partial charge in [0.2, 0.25) is 0 Å². The van der Waals surface area contributed by atoms with E-state index >= 15 is 0 Å². The molecule has 22 heavy (non-hydrogen) atoms. The lowest BCUT2D eigenvalue weighted by molar-refractivity contribution is 0.510. The van der Waals surface area contributed by atoms with E-state index in [0.29, 0.717) is 11.7 Å². The van der Waals surface area contributed by atoms with Gasteiger partial charge >= 0.3 is 0 Å². The molecule has 0 aliphatic rings. The van der Waals surface area contributed by atoms with Gasteiger partial charge in [0.05, 0.1) is 11.6 Å². The van der Waals surface area contributed by atoms with Gasteiger partial charge in [-0.3, -0.25) is 0 Å². The van der Waals surface area contributed by atoms with E-state index in [1.54, 1.807) is 6.33 Å². The topological polar surface area (TPSA) is 92.3 Å². The molecule has 7 heteroatoms. The molecule has 2 heterocycles. The fourth-order valence-electron chi connectivity index (χ4n) is 2.37. The Hall–Kier alpha value is -2.57. The van der Waals surface area contributed by atoms with Crippen molar-refractivity contribution < 1.29 is 0 Å². The van der Waals surface area contributed by atoms with Gasteiger partial charge in [0, 0.05) is 5.39 Å². The Labute approximate surface area is 128 Å². The summed E-state index contributed by atoms with van der Waals surface area (Å²) >= 11 is 0. The van der Waals surface area contributed by atoms with Gasteiger partial charge in [-0.1, -0.05) is 31.2 Å². The van der Waals surface area contributed by atoms with Crippen molar-refractivity contribution in [2.75, 3.05) is 5.32 Å². The summed E-state index contributed by atoms with van der Waals surface area (Å²) in [7, 11) is 0. The Morgan fingerprint density at radius 1 is 1.14 bits per heavy atom. The van der Waals surface area contributed by atoms with Gasteiger partial charge in [0.25, 0.3) is 0 Å². The van der Waals surface area contributed by atoms with Crippen LogP contribution >= 0.6 is 0 Å². The Morgan fingerprint density at radius 2 is 2.00 bits per heavy atom. The Kier molecular flexibility index (Phi) is 4.22. The maximum atomic E-state index is 4.38. The lowest BCUT2D eigenvalue weighted by atomic mass is 10.0. The third kappa shape index (κ3) is 3.19. The summed E-state index contributed by atoms with van der Waals surface area (Å²) in [5, 5.41) is 18.9. The molecular formula is C15H19N7. The van der Waals surface area contributed by atoms with Gasteiger partial charge in [0.15, 0.2) is 5.82 Å². The molecule has 1 unspecified atom stereocenters. The number of aromatic nitrogens is 6. The number of hydrogen-bond donors (Lipinski definition) is 2. The summed E-state index contributed by atoms with van der Waals surface area (Å²) in [6.45, 7) is 4.40. The van der Waals surface area contributed by atoms with Crippen molar-refractivity contribution in [1.29, 1.82) is 0 Å². The predicted octanol–water partition coefficient (Wildman–Crippen LogP) is 2.73. The summed E-state index contributed by atoms with van der Waals surface area (Å²) in [5.41, 5.74) is 0.913. The summed E-state index contributed by atoms with van der Waals surface area (Å²) in [5.74, 6) is 2.06. The molecule has 0 fully saturated rings. The van der Waals surface area contributed by atoms with Crippen LogP contribution in [0.5, 0.6) is 0 Å². The van der Waals surface area contributed by atoms with Crippen molar-refractivity contribution in [3.63, 3.8) is 0 Å². The van der Waals surface area contributed by atoms with Crippen molar-refractivity contribution in [2.45, 2.75) is 32.7 Å². The van der Waals surface area contributed by atoms with Gasteiger partial charge in [-0.25, -0.2) is 9.97 Å². The van der Waals surface area contributed by atoms with E-state index in [-0.39, 0.29) is 6.04 Å². The maximum Gasteiger partial charge on any atom is 0.196 e. The van der Waals surface area contributed by atoms with Crippen LogP contribution in [-0.4, -0.2) is 30.6 Å². The van der Waals surface area contributed by atoms with E-state index in [1.807, 2.05) is 24.3 Å². The first-order chi connectivity index (χ1) is 10.7. The van der Waals surface area contributed by atoms with Crippen molar-refractivity contribution in [1.82, 2.24) is 30.6 Å². The van der Waals surface area contributed by atoms with E-state index in [1.165, 1.54) is 0 Å². The van der Waals surface area contributed by atoms with E-state index in [9.17, 15) is 0 Å². The molecule has 7 nitrogen and oxygen atoms in total. The van der Waals surface area contributed by atoms with Crippen LogP contribution in [0.4, 0.5) is 5.82 Å². The number of nitrogens with zero attached hydrogens (tertiary/aromatic N) is 5. The minimum absolute atomic E-state index is 0.0283. The van der Waals surface area contributed by atoms with Crippen LogP contribution in [-0.2, 0) is 0 Å². The van der Waals surface area contributed by atoms with E-state index in [0.717, 1.165) is 29.6 Å². The molecule has 0 radical (unpaired) electrons. The fourth-order valence-corrected chi connectivity index (χ4v) is 2.37. The largest absolute Gasteiger partial charge is 0.359 e. The zero-order valence-electron chi connectivity index (χ0n) is 12.7. The number of tetrazole rings is 1. The number of rotatable bonds is 6. The van der Waals surface area contributed by atoms with Crippen molar-refractivity contribution in [3.8, 4) is 0 Å². The van der Waals surface area contributed by atoms with Crippen molar-refractivity contribution in [3.05, 3.63) is 36.4 Å². The first kappa shape index (κ1) is 14.4. The van der Waals surface area contributed by atoms with E-state index in [4.69, 9.17) is 0 Å². The van der Waals surface area contributed by atoms with Gasteiger partial charge in [-0.05, 0) is 30.9 Å². The monoisotopic (exact) mass is 297 g/mol. The number of hydrogen-bond acceptors (Lipinski definition) is 6. The second-order valence-corrected chi connectivity index (χ2v) is 5.68. The molecule has 0 saturated heterocycles. The summed E-state index contributed by atoms with van der Waals surface area (Å²) < 4.78 is 0. The quantitative estimate of drug-likeness (QED) is 0.726. The van der Waals surface area contributed by atoms with Crippen molar-refractivity contribution >= 4 is 16.7 Å². The summed E-state index contributed by atoms with van der Waals surface area (Å²) in [4.78, 5) is 8.66. The highest BCUT2D eigenvalue weighted by Gasteiger charge is 2.18. The average molecular weight is 297 g/mol. The fraction of sp³-hybridized carbons (Fsp3) is 0.400. The first-order valence-electron chi connectivity index (χ1n) is 7.43. The molecule has 3 rings (SSSR count). The van der Waals surface area contributed by atoms with Crippen LogP contribution < -0.4 is 5.32 Å². The Morgan fingerprint density at radius 3 is 2.77 bits per heavy atom. The molecule has 0 amide bonds. The zero-order valence-corrected chi connectivity index (χ0v) is 12.7. The van der Waals surface area contributed by atoms with Gasteiger partial charge in [0.1, 0.15) is 12.1 Å². The maximum absolute atomic E-state index is 4.38. The highest BCUT2D eigenvalue weighted by molar-refractivity contribution is 5.88. The molecule has 1 aromatic carbocycles. The van der Waals surface area contributed by atoms with E-state index in [2.05, 4.69) is 49.8 Å². The highest BCUT2D eigenvalue weighted by Crippen LogP contribution is 2.26. The minimum Gasteiger partial charge on any atom is -0.359 e. The standard InChI is InChI=1S/C15H19N7/c1-10(2)7-8-13(15-19-21-22-20-15)18-14-11-5-3-4-6-12(11)16-9-17-14/h3-6,9-10,13H,7-8H2,1-2H3,(H,16,17,18)(H,19,20,21,22). The van der Waals surface area contributed by atoms with Crippen LogP contribution in [0.15, 0.2) is 30.6 Å². The smallest absolute Gasteiger partial charge is 0.196 e. The van der Waals surface area contributed by atoms with Crippen LogP contribution in [0.3, 0.4) is 0 Å². The summed E-state index contributed by atoms with van der Waals surface area (Å²) in [6, 6.07) is 7.90. The van der Waals surface area contributed by atoms with Crippen LogP contribution in [0, 0.1) is 5.92 Å². The number of H-pyrrole nitrogens is 1. The number of fused-ring (bicyclic) bond motifs is 1. The molecule has 2 aromatic heterocycles. The molecule has 3 aromatic rings. The SMILES string of the molecule is CC(C)CCC(Nc1ncnc2ccccc12)c1nn[nH]n1. The zero-order chi connectivity index (χ0) is 15.4. The lowest BCUT2D eigenvalue weighted by Crippen LogP contribution is -2.15. The second-order valence-electron chi connectivity index (χ2n) is 5.68. The average Bonchev–Trinajstić information content (AvgIpc) is 3.05. The molecule has 0 saturated carbocycles. The molecule has 0 bridgehead atoms. The predicted molar refractivity (Wildman–Crippen MR) is 84.2 cm³/mol. The number of aromatic amines is 1. The molecule has 0 aliphatic carbocycles. The third-order valence-corrected chi connectivity index (χ3v) is 3.56. The second kappa shape index (κ2) is 6.46. The molecule has 2 N–H and O–H groups in total. The van der Waals surface area contributed by atoms with Gasteiger partial charge in [-0.2, -0.15) is 5.21 Å². The Bertz CT molecular complexity index is 718. The minimum atomic E-state index is -0.0283. The molecule has 114 valence electrons. The molecular weight excluding hydrogens is 278 g/mol. The van der Waals surface area contributed by atoms with Crippen LogP contribution in [0.2, 0.25) is 0 Å². The Balaban J connectivity index is 1.88. The third-order valence-electron chi connectivity index (χ3n) is 3.56. The summed E-state index contributed by atoms with van der Waals surface area (Å²) in [6.07, 6.45) is 3.55. The van der Waals surface area contributed by atoms with Crippen LogP contribution in [0.1, 0.15) is 38.6 Å². The van der Waals surface area contributed by atoms with Crippen LogP contribution in [0.25, 0.3) is 10.9 Å². The number of benzene rings is 1. The van der Waals surface area contributed by atoms with Gasteiger partial charge in [-0.15, -0.1) is 10.2 Å². The van der Waals surface area contributed by atoms with Gasteiger partial charge < -0.3 is 5.32 Å². The highest BCUT2D eigenvalue weighted by atomic mass is 15.5. The van der Waals surface area contributed by atoms with Crippen molar-refractivity contribution in [2.24, 2.45) is 5.92 Å². The molecule has 0 spiro atoms. The first-order valence-corrected chi connectivity index (χ1v) is 7.43. The molecule has 0 aliphatic heterocycles. The van der Waals surface area contributed by atoms with E-state index < -0.39 is 0 Å².